The molecule has 0 saturated heterocycles. The van der Waals surface area contributed by atoms with Gasteiger partial charge >= 0.3 is 6.09 Å². The molecule has 0 saturated carbocycles. The van der Waals surface area contributed by atoms with Gasteiger partial charge in [-0.15, -0.1) is 0 Å². The molecule has 7 nitrogen and oxygen atoms in total. The molecule has 9 heteroatoms. The Kier molecular flexibility index (Phi) is 5.97. The smallest absolute Gasteiger partial charge is 0.415 e. The van der Waals surface area contributed by atoms with Gasteiger partial charge in [0.1, 0.15) is 11.9 Å². The summed E-state index contributed by atoms with van der Waals surface area (Å²) in [5.74, 6) is -0.619. The van der Waals surface area contributed by atoms with E-state index in [9.17, 15) is 17.6 Å². The van der Waals surface area contributed by atoms with E-state index in [4.69, 9.17) is 9.47 Å². The van der Waals surface area contributed by atoms with Crippen molar-refractivity contribution in [3.8, 4) is 0 Å². The maximum atomic E-state index is 14.8. The largest absolute Gasteiger partial charge is 0.441 e. The van der Waals surface area contributed by atoms with Crippen LogP contribution in [0.3, 0.4) is 0 Å². The standard InChI is InChI=1S/C19H21FN2O5S/c1-13-16-10-14(12-21-28(24,25)15-6-4-3-5-7-15)11-17(20)18(16)22(8-9-26-2)19(23)27-13/h3-7,10-11,13,21H,8-9,12H2,1-2H3. The van der Waals surface area contributed by atoms with Crippen molar-refractivity contribution in [3.63, 3.8) is 0 Å². The molecule has 1 aliphatic rings. The van der Waals surface area contributed by atoms with Gasteiger partial charge in [0.2, 0.25) is 10.0 Å². The van der Waals surface area contributed by atoms with Gasteiger partial charge in [0.25, 0.3) is 0 Å². The molecule has 1 atom stereocenters. The quantitative estimate of drug-likeness (QED) is 0.761. The van der Waals surface area contributed by atoms with E-state index in [1.54, 1.807) is 31.2 Å². The second-order valence-electron chi connectivity index (χ2n) is 6.32. The minimum absolute atomic E-state index is 0.0971. The van der Waals surface area contributed by atoms with E-state index in [1.807, 2.05) is 0 Å². The molecule has 1 aliphatic heterocycles. The van der Waals surface area contributed by atoms with Gasteiger partial charge in [-0.05, 0) is 36.8 Å². The van der Waals surface area contributed by atoms with Crippen LogP contribution in [0.25, 0.3) is 0 Å². The summed E-state index contributed by atoms with van der Waals surface area (Å²) in [4.78, 5) is 13.4. The number of ether oxygens (including phenoxy) is 2. The lowest BCUT2D eigenvalue weighted by Gasteiger charge is -2.33. The van der Waals surface area contributed by atoms with E-state index in [1.165, 1.54) is 30.2 Å². The van der Waals surface area contributed by atoms with Crippen molar-refractivity contribution >= 4 is 21.8 Å². The highest BCUT2D eigenvalue weighted by Crippen LogP contribution is 2.37. The van der Waals surface area contributed by atoms with E-state index >= 15 is 0 Å². The number of hydrogen-bond donors (Lipinski definition) is 1. The summed E-state index contributed by atoms with van der Waals surface area (Å²) < 4.78 is 52.3. The zero-order valence-corrected chi connectivity index (χ0v) is 16.3. The maximum Gasteiger partial charge on any atom is 0.415 e. The number of carbonyl (C=O) groups is 1. The summed E-state index contributed by atoms with van der Waals surface area (Å²) in [6.45, 7) is 1.91. The van der Waals surface area contributed by atoms with Crippen molar-refractivity contribution in [2.75, 3.05) is 25.2 Å². The summed E-state index contributed by atoms with van der Waals surface area (Å²) in [6, 6.07) is 10.8. The van der Waals surface area contributed by atoms with Gasteiger partial charge in [0.05, 0.1) is 23.7 Å². The monoisotopic (exact) mass is 408 g/mol. The molecule has 3 rings (SSSR count). The summed E-state index contributed by atoms with van der Waals surface area (Å²) in [6.07, 6.45) is -1.30. The Morgan fingerprint density at radius 3 is 2.64 bits per heavy atom. The number of carbonyl (C=O) groups excluding carboxylic acids is 1. The normalized spacial score (nSPS) is 16.6. The molecule has 0 aliphatic carbocycles. The molecule has 1 heterocycles. The Balaban J connectivity index is 1.86. The number of benzene rings is 2. The third kappa shape index (κ3) is 4.16. The number of nitrogens with zero attached hydrogens (tertiary/aromatic N) is 1. The number of hydrogen-bond acceptors (Lipinski definition) is 5. The SMILES string of the molecule is COCCN1C(=O)OC(C)c2cc(CNS(=O)(=O)c3ccccc3)cc(F)c21. The Labute approximate surface area is 163 Å². The van der Waals surface area contributed by atoms with E-state index < -0.39 is 28.0 Å². The predicted molar refractivity (Wildman–Crippen MR) is 101 cm³/mol. The fourth-order valence-corrected chi connectivity index (χ4v) is 4.03. The van der Waals surface area contributed by atoms with Crippen molar-refractivity contribution in [2.24, 2.45) is 0 Å². The highest BCUT2D eigenvalue weighted by Gasteiger charge is 2.33. The molecule has 0 fully saturated rings. The number of halogens is 1. The number of rotatable bonds is 7. The second kappa shape index (κ2) is 8.26. The maximum absolute atomic E-state index is 14.8. The molecule has 1 N–H and O–H groups in total. The number of anilines is 1. The Morgan fingerprint density at radius 2 is 1.96 bits per heavy atom. The van der Waals surface area contributed by atoms with E-state index in [-0.39, 0.29) is 30.3 Å². The van der Waals surface area contributed by atoms with E-state index in [0.29, 0.717) is 11.1 Å². The molecular weight excluding hydrogens is 387 g/mol. The zero-order chi connectivity index (χ0) is 20.3. The fourth-order valence-electron chi connectivity index (χ4n) is 2.99. The Hall–Kier alpha value is -2.49. The highest BCUT2D eigenvalue weighted by atomic mass is 32.2. The second-order valence-corrected chi connectivity index (χ2v) is 8.09. The third-order valence-corrected chi connectivity index (χ3v) is 5.81. The van der Waals surface area contributed by atoms with Crippen molar-refractivity contribution < 1.29 is 27.1 Å². The van der Waals surface area contributed by atoms with Crippen LogP contribution in [-0.2, 0) is 26.0 Å². The molecule has 2 aromatic rings. The zero-order valence-electron chi connectivity index (χ0n) is 15.5. The minimum Gasteiger partial charge on any atom is -0.441 e. The summed E-state index contributed by atoms with van der Waals surface area (Å²) in [7, 11) is -2.24. The number of nitrogens with one attached hydrogen (secondary N) is 1. The molecule has 1 amide bonds. The van der Waals surface area contributed by atoms with Crippen molar-refractivity contribution in [1.29, 1.82) is 0 Å². The molecule has 0 radical (unpaired) electrons. The van der Waals surface area contributed by atoms with Crippen molar-refractivity contribution in [1.82, 2.24) is 4.72 Å². The van der Waals surface area contributed by atoms with Gasteiger partial charge in [-0.25, -0.2) is 22.3 Å². The first kappa shape index (κ1) is 20.2. The van der Waals surface area contributed by atoms with Crippen LogP contribution < -0.4 is 9.62 Å². The first-order valence-corrected chi connectivity index (χ1v) is 10.2. The third-order valence-electron chi connectivity index (χ3n) is 4.40. The average molecular weight is 408 g/mol. The minimum atomic E-state index is -3.72. The van der Waals surface area contributed by atoms with Gasteiger partial charge in [-0.3, -0.25) is 4.90 Å². The van der Waals surface area contributed by atoms with Gasteiger partial charge < -0.3 is 9.47 Å². The van der Waals surface area contributed by atoms with Crippen LogP contribution >= 0.6 is 0 Å². The average Bonchev–Trinajstić information content (AvgIpc) is 2.67. The lowest BCUT2D eigenvalue weighted by atomic mass is 10.0. The lowest BCUT2D eigenvalue weighted by molar-refractivity contribution is 0.104. The van der Waals surface area contributed by atoms with Crippen LogP contribution in [0.4, 0.5) is 14.9 Å². The summed E-state index contributed by atoms with van der Waals surface area (Å²) >= 11 is 0. The molecular formula is C19H21FN2O5S. The number of fused-ring (bicyclic) bond motifs is 1. The van der Waals surface area contributed by atoms with Crippen LogP contribution in [0.5, 0.6) is 0 Å². The van der Waals surface area contributed by atoms with E-state index in [2.05, 4.69) is 4.72 Å². The number of methoxy groups -OCH3 is 1. The molecule has 2 aromatic carbocycles. The van der Waals surface area contributed by atoms with Gasteiger partial charge in [-0.1, -0.05) is 18.2 Å². The molecule has 0 aromatic heterocycles. The highest BCUT2D eigenvalue weighted by molar-refractivity contribution is 7.89. The van der Waals surface area contributed by atoms with Crippen molar-refractivity contribution in [2.45, 2.75) is 24.5 Å². The Morgan fingerprint density at radius 1 is 1.25 bits per heavy atom. The van der Waals surface area contributed by atoms with Crippen LogP contribution in [0, 0.1) is 5.82 Å². The van der Waals surface area contributed by atoms with Gasteiger partial charge in [0, 0.05) is 19.2 Å². The predicted octanol–water partition coefficient (Wildman–Crippen LogP) is 2.97. The number of cyclic esters (lactones) is 1. The first-order valence-electron chi connectivity index (χ1n) is 8.67. The Bertz CT molecular complexity index is 966. The molecule has 0 bridgehead atoms. The van der Waals surface area contributed by atoms with Crippen LogP contribution in [0.2, 0.25) is 0 Å². The molecule has 150 valence electrons. The van der Waals surface area contributed by atoms with Crippen LogP contribution in [0.15, 0.2) is 47.4 Å². The lowest BCUT2D eigenvalue weighted by Crippen LogP contribution is -2.40. The fraction of sp³-hybridized carbons (Fsp3) is 0.316. The summed E-state index contributed by atoms with van der Waals surface area (Å²) in [5.41, 5.74) is 1.03. The number of sulfonamides is 1. The van der Waals surface area contributed by atoms with E-state index in [0.717, 1.165) is 0 Å². The summed E-state index contributed by atoms with van der Waals surface area (Å²) in [5, 5.41) is 0. The van der Waals surface area contributed by atoms with Gasteiger partial charge in [-0.2, -0.15) is 0 Å². The molecule has 1 unspecified atom stereocenters. The topological polar surface area (TPSA) is 84.9 Å². The number of amides is 1. The molecule has 28 heavy (non-hydrogen) atoms. The van der Waals surface area contributed by atoms with Crippen LogP contribution in [0.1, 0.15) is 24.2 Å². The first-order chi connectivity index (χ1) is 13.3. The van der Waals surface area contributed by atoms with Crippen molar-refractivity contribution in [3.05, 3.63) is 59.4 Å². The molecule has 0 spiro atoms. The van der Waals surface area contributed by atoms with Crippen LogP contribution in [-0.4, -0.2) is 34.8 Å². The van der Waals surface area contributed by atoms with Gasteiger partial charge in [0.15, 0.2) is 0 Å².